The number of benzene rings is 1. The first-order chi connectivity index (χ1) is 9.93. The first kappa shape index (κ1) is 16.0. The number of carbonyl (C=O) groups excluding carboxylic acids is 1. The highest BCUT2D eigenvalue weighted by molar-refractivity contribution is 5.65. The number of hydrogen-bond acceptors (Lipinski definition) is 3. The zero-order valence-electron chi connectivity index (χ0n) is 13.2. The first-order valence-corrected chi connectivity index (χ1v) is 7.84. The fraction of sp³-hybridized carbons (Fsp3) is 0.611. The van der Waals surface area contributed by atoms with Gasteiger partial charge in [-0.3, -0.25) is 0 Å². The van der Waals surface area contributed by atoms with E-state index in [2.05, 4.69) is 38.1 Å². The average Bonchev–Trinajstić information content (AvgIpc) is 2.46. The summed E-state index contributed by atoms with van der Waals surface area (Å²) in [6.45, 7) is 7.01. The third-order valence-electron chi connectivity index (χ3n) is 4.84. The zero-order chi connectivity index (χ0) is 15.5. The van der Waals surface area contributed by atoms with E-state index in [1.165, 1.54) is 5.56 Å². The van der Waals surface area contributed by atoms with Gasteiger partial charge in [0, 0.05) is 12.6 Å². The molecule has 2 rings (SSSR count). The number of rotatable bonds is 5. The molecule has 3 heteroatoms. The van der Waals surface area contributed by atoms with Gasteiger partial charge in [-0.25, -0.2) is 0 Å². The summed E-state index contributed by atoms with van der Waals surface area (Å²) in [5.74, 6) is -0.611. The van der Waals surface area contributed by atoms with Crippen LogP contribution in [0.3, 0.4) is 0 Å². The van der Waals surface area contributed by atoms with E-state index < -0.39 is 5.97 Å². The molecule has 1 saturated heterocycles. The van der Waals surface area contributed by atoms with Crippen molar-refractivity contribution in [2.75, 3.05) is 6.61 Å². The summed E-state index contributed by atoms with van der Waals surface area (Å²) < 4.78 is 5.89. The zero-order valence-corrected chi connectivity index (χ0v) is 13.2. The monoisotopic (exact) mass is 289 g/mol. The largest absolute Gasteiger partial charge is 0.550 e. The van der Waals surface area contributed by atoms with E-state index in [0.717, 1.165) is 24.8 Å². The second kappa shape index (κ2) is 6.61. The van der Waals surface area contributed by atoms with Crippen LogP contribution in [0.1, 0.15) is 56.6 Å². The van der Waals surface area contributed by atoms with Crippen molar-refractivity contribution < 1.29 is 14.6 Å². The second-order valence-corrected chi connectivity index (χ2v) is 6.50. The molecule has 1 heterocycles. The first-order valence-electron chi connectivity index (χ1n) is 7.84. The Bertz CT molecular complexity index is 480. The van der Waals surface area contributed by atoms with Crippen molar-refractivity contribution in [2.24, 2.45) is 5.92 Å². The van der Waals surface area contributed by atoms with Crippen LogP contribution in [-0.2, 0) is 9.53 Å². The topological polar surface area (TPSA) is 49.4 Å². The SMILES string of the molecule is CC[C@]1(C)C[C@H]([C@@H](CC(=O)[O-])c2ccc(C)cc2)CCO1. The fourth-order valence-corrected chi connectivity index (χ4v) is 3.31. The molecular weight excluding hydrogens is 264 g/mol. The molecule has 1 fully saturated rings. The Morgan fingerprint density at radius 2 is 2.10 bits per heavy atom. The van der Waals surface area contributed by atoms with Gasteiger partial charge in [-0.1, -0.05) is 36.8 Å². The molecule has 0 radical (unpaired) electrons. The fourth-order valence-electron chi connectivity index (χ4n) is 3.31. The number of carbonyl (C=O) groups is 1. The third kappa shape index (κ3) is 4.07. The van der Waals surface area contributed by atoms with Gasteiger partial charge < -0.3 is 14.6 Å². The van der Waals surface area contributed by atoms with Gasteiger partial charge in [0.1, 0.15) is 0 Å². The minimum atomic E-state index is -0.967. The van der Waals surface area contributed by atoms with Gasteiger partial charge in [0.15, 0.2) is 0 Å². The van der Waals surface area contributed by atoms with Gasteiger partial charge in [-0.2, -0.15) is 0 Å². The Morgan fingerprint density at radius 1 is 1.43 bits per heavy atom. The number of aryl methyl sites for hydroxylation is 1. The molecule has 0 aliphatic carbocycles. The molecular formula is C18H25O3-. The summed E-state index contributed by atoms with van der Waals surface area (Å²) in [6.07, 6.45) is 2.87. The van der Waals surface area contributed by atoms with E-state index in [1.54, 1.807) is 0 Å². The molecule has 1 aromatic carbocycles. The predicted octanol–water partition coefficient (Wildman–Crippen LogP) is 2.81. The van der Waals surface area contributed by atoms with Crippen LogP contribution in [0, 0.1) is 12.8 Å². The number of carboxylic acid groups (broad SMARTS) is 1. The van der Waals surface area contributed by atoms with Crippen LogP contribution in [0.4, 0.5) is 0 Å². The van der Waals surface area contributed by atoms with Crippen molar-refractivity contribution in [1.82, 2.24) is 0 Å². The Labute approximate surface area is 127 Å². The van der Waals surface area contributed by atoms with Gasteiger partial charge in [-0.05, 0) is 56.9 Å². The summed E-state index contributed by atoms with van der Waals surface area (Å²) in [5, 5.41) is 11.2. The highest BCUT2D eigenvalue weighted by atomic mass is 16.5. The number of hydrogen-bond donors (Lipinski definition) is 0. The minimum absolute atomic E-state index is 0.0189. The Kier molecular flexibility index (Phi) is 5.04. The summed E-state index contributed by atoms with van der Waals surface area (Å²) in [7, 11) is 0. The Hall–Kier alpha value is -1.35. The number of ether oxygens (including phenoxy) is 1. The lowest BCUT2D eigenvalue weighted by atomic mass is 9.74. The molecule has 3 atom stereocenters. The quantitative estimate of drug-likeness (QED) is 0.837. The van der Waals surface area contributed by atoms with E-state index in [4.69, 9.17) is 4.74 Å². The van der Waals surface area contributed by atoms with Gasteiger partial charge >= 0.3 is 0 Å². The molecule has 0 saturated carbocycles. The van der Waals surface area contributed by atoms with E-state index in [9.17, 15) is 9.90 Å². The average molecular weight is 289 g/mol. The molecule has 3 nitrogen and oxygen atoms in total. The Balaban J connectivity index is 2.23. The van der Waals surface area contributed by atoms with Gasteiger partial charge in [0.25, 0.3) is 0 Å². The van der Waals surface area contributed by atoms with Crippen molar-refractivity contribution >= 4 is 5.97 Å². The second-order valence-electron chi connectivity index (χ2n) is 6.50. The van der Waals surface area contributed by atoms with E-state index in [0.29, 0.717) is 12.5 Å². The van der Waals surface area contributed by atoms with Crippen molar-refractivity contribution in [3.63, 3.8) is 0 Å². The maximum Gasteiger partial charge on any atom is 0.0654 e. The third-order valence-corrected chi connectivity index (χ3v) is 4.84. The van der Waals surface area contributed by atoms with Crippen LogP contribution in [0.5, 0.6) is 0 Å². The predicted molar refractivity (Wildman–Crippen MR) is 80.9 cm³/mol. The van der Waals surface area contributed by atoms with Gasteiger partial charge in [-0.15, -0.1) is 0 Å². The molecule has 1 aliphatic rings. The summed E-state index contributed by atoms with van der Waals surface area (Å²) in [6, 6.07) is 8.22. The molecule has 0 unspecified atom stereocenters. The lowest BCUT2D eigenvalue weighted by Crippen LogP contribution is -2.39. The maximum absolute atomic E-state index is 11.2. The van der Waals surface area contributed by atoms with Crippen LogP contribution in [0.2, 0.25) is 0 Å². The van der Waals surface area contributed by atoms with Gasteiger partial charge in [0.2, 0.25) is 0 Å². The summed E-state index contributed by atoms with van der Waals surface area (Å²) >= 11 is 0. The van der Waals surface area contributed by atoms with Crippen LogP contribution >= 0.6 is 0 Å². The lowest BCUT2D eigenvalue weighted by molar-refractivity contribution is -0.306. The maximum atomic E-state index is 11.2. The summed E-state index contributed by atoms with van der Waals surface area (Å²) in [4.78, 5) is 11.2. The highest BCUT2D eigenvalue weighted by Gasteiger charge is 2.35. The molecule has 0 amide bonds. The molecule has 116 valence electrons. The van der Waals surface area contributed by atoms with Crippen LogP contribution in [0.25, 0.3) is 0 Å². The molecule has 1 aromatic rings. The standard InChI is InChI=1S/C18H26O3/c1-4-18(3)12-15(9-10-21-18)16(11-17(19)20)14-7-5-13(2)6-8-14/h5-8,15-16H,4,9-12H2,1-3H3,(H,19,20)/p-1/t15-,16+,18-/m1/s1. The molecule has 1 aliphatic heterocycles. The minimum Gasteiger partial charge on any atom is -0.550 e. The lowest BCUT2D eigenvalue weighted by Gasteiger charge is -2.41. The Morgan fingerprint density at radius 3 is 2.67 bits per heavy atom. The molecule has 0 N–H and O–H groups in total. The van der Waals surface area contributed by atoms with Crippen LogP contribution in [-0.4, -0.2) is 18.2 Å². The van der Waals surface area contributed by atoms with Gasteiger partial charge in [0.05, 0.1) is 5.60 Å². The summed E-state index contributed by atoms with van der Waals surface area (Å²) in [5.41, 5.74) is 2.17. The van der Waals surface area contributed by atoms with Crippen LogP contribution < -0.4 is 5.11 Å². The number of aliphatic carboxylic acids is 1. The number of carboxylic acids is 1. The molecule has 0 bridgehead atoms. The van der Waals surface area contributed by atoms with Crippen molar-refractivity contribution in [3.8, 4) is 0 Å². The van der Waals surface area contributed by atoms with E-state index in [-0.39, 0.29) is 17.9 Å². The highest BCUT2D eigenvalue weighted by Crippen LogP contribution is 2.41. The van der Waals surface area contributed by atoms with Crippen molar-refractivity contribution in [3.05, 3.63) is 35.4 Å². The van der Waals surface area contributed by atoms with Crippen molar-refractivity contribution in [1.29, 1.82) is 0 Å². The van der Waals surface area contributed by atoms with E-state index in [1.807, 2.05) is 6.92 Å². The smallest absolute Gasteiger partial charge is 0.0654 e. The van der Waals surface area contributed by atoms with E-state index >= 15 is 0 Å². The molecule has 21 heavy (non-hydrogen) atoms. The normalized spacial score (nSPS) is 27.3. The van der Waals surface area contributed by atoms with Crippen LogP contribution in [0.15, 0.2) is 24.3 Å². The van der Waals surface area contributed by atoms with Crippen molar-refractivity contribution in [2.45, 2.75) is 58.0 Å². The molecule has 0 aromatic heterocycles. The molecule has 0 spiro atoms.